The highest BCUT2D eigenvalue weighted by Gasteiger charge is 2.29. The van der Waals surface area contributed by atoms with Crippen molar-refractivity contribution in [2.24, 2.45) is 5.92 Å². The molecule has 0 aliphatic carbocycles. The lowest BCUT2D eigenvalue weighted by molar-refractivity contribution is -0.121. The van der Waals surface area contributed by atoms with E-state index >= 15 is 0 Å². The van der Waals surface area contributed by atoms with Crippen LogP contribution in [0.3, 0.4) is 0 Å². The first-order valence-corrected chi connectivity index (χ1v) is 10.5. The van der Waals surface area contributed by atoms with Gasteiger partial charge in [0, 0.05) is 29.4 Å². The molecule has 29 heavy (non-hydrogen) atoms. The van der Waals surface area contributed by atoms with Crippen LogP contribution in [0.15, 0.2) is 36.4 Å². The molecule has 2 aromatic carbocycles. The Hall–Kier alpha value is -2.40. The highest BCUT2D eigenvalue weighted by atomic mass is 35.5. The minimum atomic E-state index is -0.377. The first-order chi connectivity index (χ1) is 13.9. The summed E-state index contributed by atoms with van der Waals surface area (Å²) in [6, 6.07) is 9.34. The molecule has 0 radical (unpaired) electrons. The number of piperidine rings is 1. The lowest BCUT2D eigenvalue weighted by Gasteiger charge is -2.32. The van der Waals surface area contributed by atoms with Crippen LogP contribution in [0.4, 0.5) is 10.1 Å². The van der Waals surface area contributed by atoms with Gasteiger partial charge in [0.2, 0.25) is 5.91 Å². The quantitative estimate of drug-likeness (QED) is 0.737. The van der Waals surface area contributed by atoms with Crippen molar-refractivity contribution < 1.29 is 14.0 Å². The maximum atomic E-state index is 13.1. The number of benzene rings is 2. The fourth-order valence-electron chi connectivity index (χ4n) is 3.84. The molecule has 3 rings (SSSR count). The molecule has 2 amide bonds. The van der Waals surface area contributed by atoms with Crippen LogP contribution in [-0.4, -0.2) is 29.8 Å². The second kappa shape index (κ2) is 9.40. The molecule has 1 atom stereocenters. The average molecular weight is 417 g/mol. The maximum Gasteiger partial charge on any atom is 0.253 e. The molecule has 1 saturated heterocycles. The Kier molecular flexibility index (Phi) is 6.91. The summed E-state index contributed by atoms with van der Waals surface area (Å²) in [5.74, 6) is -0.930. The van der Waals surface area contributed by atoms with E-state index in [4.69, 9.17) is 11.6 Å². The van der Waals surface area contributed by atoms with E-state index in [0.717, 1.165) is 42.5 Å². The molecule has 0 saturated carbocycles. The summed E-state index contributed by atoms with van der Waals surface area (Å²) in [6.07, 6.45) is 2.99. The number of aryl methyl sites for hydroxylation is 1. The number of nitrogens with one attached hydrogen (secondary N) is 1. The molecule has 0 spiro atoms. The molecular weight excluding hydrogens is 391 g/mol. The Labute approximate surface area is 176 Å². The van der Waals surface area contributed by atoms with Crippen LogP contribution >= 0.6 is 11.6 Å². The first kappa shape index (κ1) is 21.3. The number of carbonyl (C=O) groups excluding carboxylic acids is 2. The van der Waals surface area contributed by atoms with Gasteiger partial charge in [-0.3, -0.25) is 9.59 Å². The molecule has 0 aromatic heterocycles. The predicted molar refractivity (Wildman–Crippen MR) is 114 cm³/mol. The van der Waals surface area contributed by atoms with E-state index < -0.39 is 0 Å². The van der Waals surface area contributed by atoms with E-state index in [0.29, 0.717) is 23.7 Å². The van der Waals surface area contributed by atoms with Crippen molar-refractivity contribution in [2.45, 2.75) is 39.5 Å². The number of amides is 2. The van der Waals surface area contributed by atoms with Crippen molar-refractivity contribution in [3.05, 3.63) is 63.9 Å². The fourth-order valence-corrected chi connectivity index (χ4v) is 4.13. The molecule has 0 bridgehead atoms. The molecule has 1 aliphatic rings. The van der Waals surface area contributed by atoms with Gasteiger partial charge in [0.05, 0.1) is 5.92 Å². The molecule has 4 nitrogen and oxygen atoms in total. The highest BCUT2D eigenvalue weighted by molar-refractivity contribution is 6.32. The second-order valence-electron chi connectivity index (χ2n) is 7.35. The summed E-state index contributed by atoms with van der Waals surface area (Å²) >= 11 is 6.34. The van der Waals surface area contributed by atoms with Crippen LogP contribution in [0.1, 0.15) is 48.2 Å². The van der Waals surface area contributed by atoms with Crippen LogP contribution in [-0.2, 0) is 17.6 Å². The van der Waals surface area contributed by atoms with Crippen LogP contribution < -0.4 is 5.32 Å². The van der Waals surface area contributed by atoms with Crippen molar-refractivity contribution in [2.75, 3.05) is 18.4 Å². The Bertz CT molecular complexity index is 898. The number of hydrogen-bond donors (Lipinski definition) is 1. The Morgan fingerprint density at radius 3 is 2.52 bits per heavy atom. The topological polar surface area (TPSA) is 49.4 Å². The third kappa shape index (κ3) is 4.78. The van der Waals surface area contributed by atoms with E-state index in [1.54, 1.807) is 4.90 Å². The normalized spacial score (nSPS) is 16.6. The maximum absolute atomic E-state index is 13.1. The lowest BCUT2D eigenvalue weighted by atomic mass is 9.95. The molecule has 1 heterocycles. The number of halogens is 2. The molecule has 1 fully saturated rings. The van der Waals surface area contributed by atoms with Crippen LogP contribution in [0.2, 0.25) is 5.02 Å². The fraction of sp³-hybridized carbons (Fsp3) is 0.391. The number of anilines is 1. The van der Waals surface area contributed by atoms with Gasteiger partial charge in [0.25, 0.3) is 5.91 Å². The van der Waals surface area contributed by atoms with Crippen molar-refractivity contribution in [1.29, 1.82) is 0 Å². The summed E-state index contributed by atoms with van der Waals surface area (Å²) in [5.41, 5.74) is 3.22. The van der Waals surface area contributed by atoms with E-state index in [1.165, 1.54) is 24.3 Å². The van der Waals surface area contributed by atoms with Crippen LogP contribution in [0.5, 0.6) is 0 Å². The summed E-state index contributed by atoms with van der Waals surface area (Å²) in [4.78, 5) is 27.4. The molecule has 1 N–H and O–H groups in total. The molecule has 1 aliphatic heterocycles. The van der Waals surface area contributed by atoms with Gasteiger partial charge in [-0.2, -0.15) is 0 Å². The minimum absolute atomic E-state index is 0.0896. The second-order valence-corrected chi connectivity index (χ2v) is 7.76. The van der Waals surface area contributed by atoms with Gasteiger partial charge >= 0.3 is 0 Å². The number of nitrogens with zero attached hydrogens (tertiary/aromatic N) is 1. The Morgan fingerprint density at radius 2 is 1.86 bits per heavy atom. The third-order valence-corrected chi connectivity index (χ3v) is 5.85. The summed E-state index contributed by atoms with van der Waals surface area (Å²) < 4.78 is 13.1. The lowest BCUT2D eigenvalue weighted by Crippen LogP contribution is -2.43. The predicted octanol–water partition coefficient (Wildman–Crippen LogP) is 5.09. The summed E-state index contributed by atoms with van der Waals surface area (Å²) in [6.45, 7) is 5.01. The molecular formula is C23H26ClFN2O2. The average Bonchev–Trinajstić information content (AvgIpc) is 2.74. The molecule has 1 unspecified atom stereocenters. The van der Waals surface area contributed by atoms with Crippen molar-refractivity contribution in [3.63, 3.8) is 0 Å². The zero-order chi connectivity index (χ0) is 21.0. The summed E-state index contributed by atoms with van der Waals surface area (Å²) in [5, 5.41) is 3.74. The van der Waals surface area contributed by atoms with E-state index in [1.807, 2.05) is 26.0 Å². The Balaban J connectivity index is 1.74. The van der Waals surface area contributed by atoms with Crippen molar-refractivity contribution >= 4 is 29.1 Å². The van der Waals surface area contributed by atoms with E-state index in [-0.39, 0.29) is 23.5 Å². The first-order valence-electron chi connectivity index (χ1n) is 10.1. The van der Waals surface area contributed by atoms with Gasteiger partial charge in [0.15, 0.2) is 0 Å². The highest BCUT2D eigenvalue weighted by Crippen LogP contribution is 2.30. The van der Waals surface area contributed by atoms with E-state index in [9.17, 15) is 14.0 Å². The van der Waals surface area contributed by atoms with Crippen LogP contribution in [0.25, 0.3) is 0 Å². The van der Waals surface area contributed by atoms with Gasteiger partial charge in [-0.05, 0) is 67.1 Å². The van der Waals surface area contributed by atoms with Gasteiger partial charge in [0.1, 0.15) is 5.82 Å². The van der Waals surface area contributed by atoms with E-state index in [2.05, 4.69) is 5.32 Å². The van der Waals surface area contributed by atoms with Crippen LogP contribution in [0, 0.1) is 11.7 Å². The van der Waals surface area contributed by atoms with Gasteiger partial charge in [-0.15, -0.1) is 0 Å². The molecule has 154 valence electrons. The zero-order valence-corrected chi connectivity index (χ0v) is 17.6. The van der Waals surface area contributed by atoms with Crippen molar-refractivity contribution in [1.82, 2.24) is 4.90 Å². The summed E-state index contributed by atoms with van der Waals surface area (Å²) in [7, 11) is 0. The number of likely N-dealkylation sites (tertiary alicyclic amines) is 1. The molecule has 2 aromatic rings. The van der Waals surface area contributed by atoms with Gasteiger partial charge in [-0.25, -0.2) is 4.39 Å². The standard InChI is InChI=1S/C23H26ClFN2O2/c1-3-15-9-12-20(24)19(4-2)21(15)26-22(28)17-6-5-13-27(14-17)23(29)16-7-10-18(25)11-8-16/h7-12,17H,3-6,13-14H2,1-2H3,(H,26,28). The zero-order valence-electron chi connectivity index (χ0n) is 16.8. The minimum Gasteiger partial charge on any atom is -0.338 e. The number of hydrogen-bond acceptors (Lipinski definition) is 2. The smallest absolute Gasteiger partial charge is 0.253 e. The monoisotopic (exact) mass is 416 g/mol. The molecule has 6 heteroatoms. The Morgan fingerprint density at radius 1 is 1.14 bits per heavy atom. The number of rotatable bonds is 5. The third-order valence-electron chi connectivity index (χ3n) is 5.50. The SMILES string of the molecule is CCc1ccc(Cl)c(CC)c1NC(=O)C1CCCN(C(=O)c2ccc(F)cc2)C1. The van der Waals surface area contributed by atoms with Gasteiger partial charge < -0.3 is 10.2 Å². The number of carbonyl (C=O) groups is 2. The van der Waals surface area contributed by atoms with Gasteiger partial charge in [-0.1, -0.05) is 31.5 Å². The largest absolute Gasteiger partial charge is 0.338 e. The van der Waals surface area contributed by atoms with Crippen molar-refractivity contribution in [3.8, 4) is 0 Å².